The molecule has 0 spiro atoms. The number of carbonyl (C=O) groups excluding carboxylic acids is 2. The number of aliphatic hydroxyl groups is 5. The second-order valence-corrected chi connectivity index (χ2v) is 19.1. The average molecular weight is 931 g/mol. The van der Waals surface area contributed by atoms with Gasteiger partial charge in [-0.3, -0.25) is 18.6 Å². The number of esters is 2. The number of phosphoric ester groups is 1. The Balaban J connectivity index is 1.71. The van der Waals surface area contributed by atoms with Crippen molar-refractivity contribution < 1.29 is 67.8 Å². The van der Waals surface area contributed by atoms with Crippen molar-refractivity contribution in [2.24, 2.45) is 0 Å². The Morgan fingerprint density at radius 3 is 1.55 bits per heavy atom. The molecule has 0 bridgehead atoms. The number of epoxide rings is 1. The summed E-state index contributed by atoms with van der Waals surface area (Å²) in [5.74, 6) is -1.17. The van der Waals surface area contributed by atoms with Crippen molar-refractivity contribution in [3.63, 3.8) is 0 Å². The van der Waals surface area contributed by atoms with Gasteiger partial charge in [0.15, 0.2) is 6.10 Å². The van der Waals surface area contributed by atoms with E-state index >= 15 is 0 Å². The highest BCUT2D eigenvalue weighted by molar-refractivity contribution is 7.47. The van der Waals surface area contributed by atoms with Gasteiger partial charge >= 0.3 is 19.8 Å². The third-order valence-electron chi connectivity index (χ3n) is 11.9. The molecule has 0 radical (unpaired) electrons. The van der Waals surface area contributed by atoms with Crippen LogP contribution in [-0.4, -0.2) is 111 Å². The molecule has 15 heteroatoms. The standard InChI is InChI=1S/C49H87O14P/c1-3-5-7-9-11-13-14-15-16-17-18-19-20-22-24-26-31-35-42(50)59-37-39(38-60-64(57,58)63-49-47(55)45(53)44(52)46(54)48(49)56)61-43(51)36-32-28-27-30-34-41-40(62-41)33-29-25-23-21-12-10-8-6-4-2/h12,21,25,27,29-30,39-41,44-49,52-56H,3-11,13-20,22-24,26,28,31-38H2,1-2H3,(H,57,58)/b21-12-,29-25-,30-27-/t39-,40?,41?,44?,45-,46+,47-,48-,49?/m1/s1. The molecule has 6 N–H and O–H groups in total. The highest BCUT2D eigenvalue weighted by Gasteiger charge is 2.51. The lowest BCUT2D eigenvalue weighted by Gasteiger charge is -2.41. The zero-order valence-electron chi connectivity index (χ0n) is 39.3. The number of phosphoric acid groups is 1. The summed E-state index contributed by atoms with van der Waals surface area (Å²) in [6, 6.07) is 0. The molecule has 0 amide bonds. The molecule has 14 nitrogen and oxygen atoms in total. The van der Waals surface area contributed by atoms with E-state index in [2.05, 4.69) is 38.2 Å². The molecule has 2 fully saturated rings. The van der Waals surface area contributed by atoms with Gasteiger partial charge < -0.3 is 44.6 Å². The predicted octanol–water partition coefficient (Wildman–Crippen LogP) is 9.16. The lowest BCUT2D eigenvalue weighted by Crippen LogP contribution is -2.64. The maximum Gasteiger partial charge on any atom is 0.472 e. The molecular formula is C49H87O14P. The predicted molar refractivity (Wildman–Crippen MR) is 248 cm³/mol. The monoisotopic (exact) mass is 931 g/mol. The van der Waals surface area contributed by atoms with Crippen molar-refractivity contribution in [2.75, 3.05) is 13.2 Å². The summed E-state index contributed by atoms with van der Waals surface area (Å²) < 4.78 is 39.3. The van der Waals surface area contributed by atoms with E-state index < -0.39 is 75.7 Å². The van der Waals surface area contributed by atoms with Crippen LogP contribution in [0.1, 0.15) is 194 Å². The first-order valence-electron chi connectivity index (χ1n) is 24.9. The van der Waals surface area contributed by atoms with E-state index in [-0.39, 0.29) is 25.0 Å². The molecular weight excluding hydrogens is 843 g/mol. The molecule has 1 saturated carbocycles. The maximum absolute atomic E-state index is 12.8. The minimum atomic E-state index is -5.14. The molecule has 10 atom stereocenters. The van der Waals surface area contributed by atoms with E-state index in [0.29, 0.717) is 19.3 Å². The van der Waals surface area contributed by atoms with E-state index in [1.54, 1.807) is 0 Å². The quantitative estimate of drug-likeness (QED) is 0.0111. The Kier molecular flexibility index (Phi) is 32.8. The first-order valence-corrected chi connectivity index (χ1v) is 26.4. The van der Waals surface area contributed by atoms with Crippen molar-refractivity contribution in [3.05, 3.63) is 36.5 Å². The third kappa shape index (κ3) is 27.6. The fourth-order valence-electron chi connectivity index (χ4n) is 7.73. The molecule has 1 heterocycles. The Morgan fingerprint density at radius 1 is 0.547 bits per heavy atom. The Hall–Kier alpha value is -1.97. The normalized spacial score (nSPS) is 25.0. The largest absolute Gasteiger partial charge is 0.472 e. The van der Waals surface area contributed by atoms with Gasteiger partial charge in [0.1, 0.15) is 43.2 Å². The number of hydrogen-bond donors (Lipinski definition) is 6. The van der Waals surface area contributed by atoms with Gasteiger partial charge in [-0.15, -0.1) is 0 Å². The smallest absolute Gasteiger partial charge is 0.462 e. The Labute approximate surface area is 384 Å². The Bertz CT molecular complexity index is 1330. The fourth-order valence-corrected chi connectivity index (χ4v) is 8.71. The van der Waals surface area contributed by atoms with Crippen LogP contribution in [0.4, 0.5) is 0 Å². The molecule has 2 aliphatic rings. The van der Waals surface area contributed by atoms with Gasteiger partial charge in [0, 0.05) is 12.8 Å². The number of hydrogen-bond acceptors (Lipinski definition) is 13. The molecule has 1 saturated heterocycles. The van der Waals surface area contributed by atoms with Crippen LogP contribution in [0, 0.1) is 0 Å². The topological polar surface area (TPSA) is 222 Å². The SMILES string of the molecule is CCCCC/C=C\C/C=C\CC1OC1C/C=C\CCCC(=O)O[C@H](COC(=O)CCCCCCCCCCCCCCCCCCC)COP(=O)(O)OC1[C@H](O)[C@H](O)C(O)[C@H](O)[C@H]1O. The van der Waals surface area contributed by atoms with Gasteiger partial charge in [0.2, 0.25) is 0 Å². The highest BCUT2D eigenvalue weighted by atomic mass is 31.2. The molecule has 2 rings (SSSR count). The number of allylic oxidation sites excluding steroid dienone is 4. The summed E-state index contributed by atoms with van der Waals surface area (Å²) >= 11 is 0. The number of unbranched alkanes of at least 4 members (excludes halogenated alkanes) is 20. The van der Waals surface area contributed by atoms with E-state index in [4.69, 9.17) is 23.3 Å². The molecule has 0 aromatic rings. The second kappa shape index (κ2) is 36.1. The summed E-state index contributed by atoms with van der Waals surface area (Å²) in [6.45, 7) is 3.23. The molecule has 372 valence electrons. The molecule has 0 aromatic heterocycles. The van der Waals surface area contributed by atoms with Crippen LogP contribution in [0.3, 0.4) is 0 Å². The summed E-state index contributed by atoms with van der Waals surface area (Å²) in [7, 11) is -5.14. The highest BCUT2D eigenvalue weighted by Crippen LogP contribution is 2.47. The minimum absolute atomic E-state index is 0.0142. The molecule has 1 aliphatic carbocycles. The molecule has 5 unspecified atom stereocenters. The molecule has 64 heavy (non-hydrogen) atoms. The summed E-state index contributed by atoms with van der Waals surface area (Å²) in [4.78, 5) is 35.8. The van der Waals surface area contributed by atoms with Crippen molar-refractivity contribution in [2.45, 2.75) is 249 Å². The van der Waals surface area contributed by atoms with Crippen LogP contribution in [-0.2, 0) is 37.4 Å². The summed E-state index contributed by atoms with van der Waals surface area (Å²) in [5.41, 5.74) is 0. The van der Waals surface area contributed by atoms with E-state index in [9.17, 15) is 44.6 Å². The van der Waals surface area contributed by atoms with Crippen LogP contribution in [0.2, 0.25) is 0 Å². The van der Waals surface area contributed by atoms with Gasteiger partial charge in [0.05, 0.1) is 18.8 Å². The average Bonchev–Trinajstić information content (AvgIpc) is 4.04. The van der Waals surface area contributed by atoms with E-state index in [1.165, 1.54) is 103 Å². The summed E-state index contributed by atoms with van der Waals surface area (Å²) in [5, 5.41) is 50.2. The van der Waals surface area contributed by atoms with Crippen LogP contribution in [0.25, 0.3) is 0 Å². The van der Waals surface area contributed by atoms with Gasteiger partial charge in [-0.2, -0.15) is 0 Å². The molecule has 0 aromatic carbocycles. The van der Waals surface area contributed by atoms with Crippen molar-refractivity contribution in [1.82, 2.24) is 0 Å². The van der Waals surface area contributed by atoms with Crippen LogP contribution >= 0.6 is 7.82 Å². The van der Waals surface area contributed by atoms with Gasteiger partial charge in [-0.25, -0.2) is 4.57 Å². The first-order chi connectivity index (χ1) is 30.9. The van der Waals surface area contributed by atoms with Crippen molar-refractivity contribution in [1.29, 1.82) is 0 Å². The number of rotatable bonds is 40. The zero-order chi connectivity index (χ0) is 46.8. The zero-order valence-corrected chi connectivity index (χ0v) is 40.2. The number of carbonyl (C=O) groups is 2. The lowest BCUT2D eigenvalue weighted by atomic mass is 9.85. The van der Waals surface area contributed by atoms with Crippen molar-refractivity contribution in [3.8, 4) is 0 Å². The fraction of sp³-hybridized carbons (Fsp3) is 0.837. The van der Waals surface area contributed by atoms with Crippen LogP contribution in [0.15, 0.2) is 36.5 Å². The third-order valence-corrected chi connectivity index (χ3v) is 12.9. The van der Waals surface area contributed by atoms with Gasteiger partial charge in [-0.05, 0) is 51.4 Å². The Morgan fingerprint density at radius 2 is 0.984 bits per heavy atom. The number of aliphatic hydroxyl groups excluding tert-OH is 5. The van der Waals surface area contributed by atoms with E-state index in [1.807, 2.05) is 12.2 Å². The first kappa shape index (κ1) is 58.2. The van der Waals surface area contributed by atoms with Crippen LogP contribution < -0.4 is 0 Å². The second-order valence-electron chi connectivity index (χ2n) is 17.7. The minimum Gasteiger partial charge on any atom is -0.462 e. The van der Waals surface area contributed by atoms with Crippen LogP contribution in [0.5, 0.6) is 0 Å². The van der Waals surface area contributed by atoms with E-state index in [0.717, 1.165) is 44.9 Å². The van der Waals surface area contributed by atoms with Crippen molar-refractivity contribution >= 4 is 19.8 Å². The lowest BCUT2D eigenvalue weighted by molar-refractivity contribution is -0.220. The number of ether oxygens (including phenoxy) is 3. The van der Waals surface area contributed by atoms with Gasteiger partial charge in [0.25, 0.3) is 0 Å². The molecule has 1 aliphatic heterocycles. The van der Waals surface area contributed by atoms with Gasteiger partial charge in [-0.1, -0.05) is 166 Å². The maximum atomic E-state index is 12.8. The summed E-state index contributed by atoms with van der Waals surface area (Å²) in [6.07, 6.45) is 29.3.